The minimum Gasteiger partial charge on any atom is -0.309 e. The lowest BCUT2D eigenvalue weighted by molar-refractivity contribution is 1.01. The van der Waals surface area contributed by atoms with Gasteiger partial charge < -0.3 is 4.57 Å². The molecule has 0 saturated heterocycles. The van der Waals surface area contributed by atoms with E-state index in [2.05, 4.69) is 203 Å². The van der Waals surface area contributed by atoms with E-state index < -0.39 is 0 Å². The molecule has 0 spiro atoms. The zero-order valence-corrected chi connectivity index (χ0v) is 31.3. The van der Waals surface area contributed by atoms with Gasteiger partial charge in [0, 0.05) is 38.2 Å². The van der Waals surface area contributed by atoms with Gasteiger partial charge in [-0.25, -0.2) is 9.97 Å². The first kappa shape index (κ1) is 31.4. The maximum atomic E-state index is 5.44. The smallest absolute Gasteiger partial charge is 0.235 e. The first-order chi connectivity index (χ1) is 28.7. The van der Waals surface area contributed by atoms with Crippen molar-refractivity contribution in [2.75, 3.05) is 0 Å². The van der Waals surface area contributed by atoms with Crippen LogP contribution in [-0.2, 0) is 0 Å². The maximum absolute atomic E-state index is 5.44. The van der Waals surface area contributed by atoms with Gasteiger partial charge in [-0.3, -0.25) is 4.57 Å². The van der Waals surface area contributed by atoms with Crippen LogP contribution in [0.25, 0.3) is 120 Å². The molecule has 3 aromatic heterocycles. The highest BCUT2D eigenvalue weighted by Crippen LogP contribution is 2.39. The van der Waals surface area contributed by atoms with Crippen LogP contribution in [0.5, 0.6) is 0 Å². The molecule has 0 aliphatic carbocycles. The lowest BCUT2D eigenvalue weighted by Crippen LogP contribution is -2.03. The fourth-order valence-electron chi connectivity index (χ4n) is 9.53. The number of fused-ring (bicyclic) bond motifs is 12. The Bertz CT molecular complexity index is 3870. The van der Waals surface area contributed by atoms with Crippen LogP contribution >= 0.6 is 0 Å². The van der Waals surface area contributed by atoms with E-state index in [-0.39, 0.29) is 0 Å². The summed E-state index contributed by atoms with van der Waals surface area (Å²) in [5.41, 5.74) is 8.61. The Morgan fingerprint density at radius 1 is 0.293 bits per heavy atom. The van der Waals surface area contributed by atoms with Crippen molar-refractivity contribution in [2.45, 2.75) is 0 Å². The minimum absolute atomic E-state index is 0.659. The van der Waals surface area contributed by atoms with Crippen LogP contribution in [0.15, 0.2) is 194 Å². The number of nitrogens with zero attached hydrogens (tertiary/aromatic N) is 4. The molecule has 0 aliphatic rings. The van der Waals surface area contributed by atoms with Crippen molar-refractivity contribution in [2.24, 2.45) is 0 Å². The molecule has 268 valence electrons. The zero-order chi connectivity index (χ0) is 37.9. The van der Waals surface area contributed by atoms with Crippen LogP contribution in [0.3, 0.4) is 0 Å². The summed E-state index contributed by atoms with van der Waals surface area (Å²) in [7, 11) is 0. The second kappa shape index (κ2) is 11.8. The quantitative estimate of drug-likeness (QED) is 0.169. The van der Waals surface area contributed by atoms with Gasteiger partial charge in [-0.05, 0) is 104 Å². The van der Waals surface area contributed by atoms with Crippen LogP contribution in [0.4, 0.5) is 0 Å². The molecule has 0 unspecified atom stereocenters. The molecule has 13 rings (SSSR count). The van der Waals surface area contributed by atoms with Gasteiger partial charge in [-0.2, -0.15) is 0 Å². The van der Waals surface area contributed by atoms with E-state index in [0.717, 1.165) is 44.3 Å². The van der Waals surface area contributed by atoms with E-state index in [1.807, 2.05) is 0 Å². The average Bonchev–Trinajstić information content (AvgIpc) is 3.78. The van der Waals surface area contributed by atoms with E-state index in [1.54, 1.807) is 0 Å². The molecule has 4 heteroatoms. The highest BCUT2D eigenvalue weighted by Gasteiger charge is 2.19. The van der Waals surface area contributed by atoms with E-state index in [9.17, 15) is 0 Å². The van der Waals surface area contributed by atoms with Crippen LogP contribution in [0.1, 0.15) is 0 Å². The van der Waals surface area contributed by atoms with E-state index in [0.29, 0.717) is 5.95 Å². The molecule has 3 heterocycles. The molecule has 0 radical (unpaired) electrons. The van der Waals surface area contributed by atoms with Crippen LogP contribution in [0, 0.1) is 0 Å². The van der Waals surface area contributed by atoms with E-state index >= 15 is 0 Å². The van der Waals surface area contributed by atoms with Crippen molar-refractivity contribution in [3.63, 3.8) is 0 Å². The third-order valence-electron chi connectivity index (χ3n) is 12.2. The Morgan fingerprint density at radius 2 is 0.845 bits per heavy atom. The fourth-order valence-corrected chi connectivity index (χ4v) is 9.53. The molecule has 0 bridgehead atoms. The Kier molecular flexibility index (Phi) is 6.41. The second-order valence-electron chi connectivity index (χ2n) is 15.4. The van der Waals surface area contributed by atoms with Gasteiger partial charge >= 0.3 is 0 Å². The Hall–Kier alpha value is -7.82. The number of para-hydroxylation sites is 3. The molecule has 0 atom stereocenters. The van der Waals surface area contributed by atoms with Crippen LogP contribution in [0.2, 0.25) is 0 Å². The Labute approximate surface area is 332 Å². The van der Waals surface area contributed by atoms with Crippen molar-refractivity contribution in [1.82, 2.24) is 19.1 Å². The van der Waals surface area contributed by atoms with Gasteiger partial charge in [0.15, 0.2) is 0 Å². The van der Waals surface area contributed by atoms with Crippen molar-refractivity contribution in [3.05, 3.63) is 194 Å². The molecule has 0 amide bonds. The molecule has 13 aromatic rings. The molecular formula is C54H32N4. The van der Waals surface area contributed by atoms with Gasteiger partial charge in [-0.15, -0.1) is 0 Å². The van der Waals surface area contributed by atoms with Crippen molar-refractivity contribution in [1.29, 1.82) is 0 Å². The molecule has 10 aromatic carbocycles. The highest BCUT2D eigenvalue weighted by molar-refractivity contribution is 6.16. The number of hydrogen-bond donors (Lipinski definition) is 0. The van der Waals surface area contributed by atoms with Gasteiger partial charge in [0.25, 0.3) is 0 Å². The normalized spacial score (nSPS) is 12.1. The van der Waals surface area contributed by atoms with E-state index in [1.165, 1.54) is 70.3 Å². The van der Waals surface area contributed by atoms with Crippen molar-refractivity contribution >= 4 is 97.6 Å². The van der Waals surface area contributed by atoms with Gasteiger partial charge in [-0.1, -0.05) is 133 Å². The zero-order valence-electron chi connectivity index (χ0n) is 31.3. The van der Waals surface area contributed by atoms with Gasteiger partial charge in [0.05, 0.1) is 33.3 Å². The van der Waals surface area contributed by atoms with Crippen molar-refractivity contribution in [3.8, 4) is 22.9 Å². The number of aromatic nitrogens is 4. The lowest BCUT2D eigenvalue weighted by Gasteiger charge is -2.13. The summed E-state index contributed by atoms with van der Waals surface area (Å²) in [4.78, 5) is 10.7. The lowest BCUT2D eigenvalue weighted by atomic mass is 9.98. The Balaban J connectivity index is 1.03. The van der Waals surface area contributed by atoms with Gasteiger partial charge in [0.1, 0.15) is 0 Å². The summed E-state index contributed by atoms with van der Waals surface area (Å²) in [6.45, 7) is 0. The topological polar surface area (TPSA) is 35.6 Å². The molecule has 4 nitrogen and oxygen atoms in total. The molecule has 0 N–H and O–H groups in total. The summed E-state index contributed by atoms with van der Waals surface area (Å²) in [5, 5.41) is 15.7. The summed E-state index contributed by atoms with van der Waals surface area (Å²) in [6, 6.07) is 70.4. The third-order valence-corrected chi connectivity index (χ3v) is 12.2. The molecule has 0 saturated carbocycles. The highest BCUT2D eigenvalue weighted by atomic mass is 15.2. The number of benzene rings is 10. The average molecular weight is 737 g/mol. The number of rotatable bonds is 3. The summed E-state index contributed by atoms with van der Waals surface area (Å²) in [6.07, 6.45) is 0. The van der Waals surface area contributed by atoms with Crippen LogP contribution in [-0.4, -0.2) is 19.1 Å². The first-order valence-electron chi connectivity index (χ1n) is 19.8. The first-order valence-corrected chi connectivity index (χ1v) is 19.8. The van der Waals surface area contributed by atoms with E-state index in [4.69, 9.17) is 9.97 Å². The van der Waals surface area contributed by atoms with Crippen LogP contribution < -0.4 is 0 Å². The molecule has 0 aliphatic heterocycles. The predicted molar refractivity (Wildman–Crippen MR) is 244 cm³/mol. The summed E-state index contributed by atoms with van der Waals surface area (Å²) < 4.78 is 4.67. The molecular weight excluding hydrogens is 705 g/mol. The number of hydrogen-bond acceptors (Lipinski definition) is 2. The SMILES string of the molecule is c1ccc2cc3c(cc2c1)c1ccccc1n3-c1ccc2cc3c(cc2c1)c1ccccc1n3-c1nc(-c2ccc3c(ccc4ccccc43)c2)c2ccccc2n1. The maximum Gasteiger partial charge on any atom is 0.235 e. The minimum atomic E-state index is 0.659. The standard InChI is InChI=1S/C54H32N4/c1-2-13-35-31-51-46(29-34(35)12-1)43-15-6-9-19-49(43)57(51)40-25-23-36-32-52-47(30-39(36)28-40)44-16-7-10-20-50(44)58(52)54-55-48-18-8-5-17-45(48)53(56-54)38-24-26-42-37(27-38)22-21-33-11-3-4-14-41(33)42/h1-32H. The van der Waals surface area contributed by atoms with Crippen molar-refractivity contribution < 1.29 is 0 Å². The summed E-state index contributed by atoms with van der Waals surface area (Å²) >= 11 is 0. The largest absolute Gasteiger partial charge is 0.309 e. The Morgan fingerprint density at radius 3 is 1.64 bits per heavy atom. The predicted octanol–water partition coefficient (Wildman–Crippen LogP) is 14.1. The molecule has 58 heavy (non-hydrogen) atoms. The monoisotopic (exact) mass is 736 g/mol. The fraction of sp³-hybridized carbons (Fsp3) is 0. The van der Waals surface area contributed by atoms with Gasteiger partial charge in [0.2, 0.25) is 5.95 Å². The molecule has 0 fully saturated rings. The third kappa shape index (κ3) is 4.51. The summed E-state index contributed by atoms with van der Waals surface area (Å²) in [5.74, 6) is 0.659. The second-order valence-corrected chi connectivity index (χ2v) is 15.4.